The van der Waals surface area contributed by atoms with E-state index in [-0.39, 0.29) is 25.2 Å². The summed E-state index contributed by atoms with van der Waals surface area (Å²) in [7, 11) is 0. The standard InChI is InChI=1S/C72H132O5/c1-3-5-7-9-11-13-15-17-19-21-23-25-27-29-31-33-34-35-36-37-39-40-42-44-46-48-50-52-54-56-58-60-62-64-66-71(74)76-69-70(68-73)77-72(75)67-65-63-61-59-57-55-53-51-49-47-45-43-41-38-32-30-28-26-24-22-20-18-16-14-12-10-8-6-4-2/h6,8,12,14,18,20,24,26,30,32,70,73H,3-5,7,9-11,13,15-17,19,21-23,25,27-29,31,33-69H2,1-2H3/b8-6-,14-12-,20-18-,26-24-,32-30-. The van der Waals surface area contributed by atoms with Crippen molar-refractivity contribution in [3.63, 3.8) is 0 Å². The Morgan fingerprint density at radius 2 is 0.558 bits per heavy atom. The molecule has 0 aromatic carbocycles. The molecule has 0 amide bonds. The summed E-state index contributed by atoms with van der Waals surface area (Å²) in [5.74, 6) is -0.574. The molecule has 5 heteroatoms. The average molecular weight is 1080 g/mol. The first-order valence-corrected chi connectivity index (χ1v) is 34.3. The third-order valence-corrected chi connectivity index (χ3v) is 15.6. The molecule has 0 aromatic heterocycles. The molecule has 0 aliphatic heterocycles. The highest BCUT2D eigenvalue weighted by molar-refractivity contribution is 5.70. The number of hydrogen-bond acceptors (Lipinski definition) is 5. The summed E-state index contributed by atoms with van der Waals surface area (Å²) in [4.78, 5) is 24.6. The second kappa shape index (κ2) is 67.9. The Balaban J connectivity index is 3.41. The Morgan fingerprint density at radius 3 is 0.844 bits per heavy atom. The van der Waals surface area contributed by atoms with E-state index < -0.39 is 6.10 Å². The monoisotopic (exact) mass is 1080 g/mol. The summed E-state index contributed by atoms with van der Waals surface area (Å²) in [6.07, 6.45) is 92.6. The molecule has 0 saturated heterocycles. The van der Waals surface area contributed by atoms with Crippen LogP contribution < -0.4 is 0 Å². The van der Waals surface area contributed by atoms with Crippen LogP contribution in [0.5, 0.6) is 0 Å². The van der Waals surface area contributed by atoms with Gasteiger partial charge in [-0.05, 0) is 57.8 Å². The molecule has 0 rings (SSSR count). The van der Waals surface area contributed by atoms with Gasteiger partial charge in [0.2, 0.25) is 0 Å². The maximum absolute atomic E-state index is 12.4. The van der Waals surface area contributed by atoms with Crippen LogP contribution in [0.15, 0.2) is 60.8 Å². The number of carbonyl (C=O) groups is 2. The smallest absolute Gasteiger partial charge is 0.306 e. The van der Waals surface area contributed by atoms with Crippen molar-refractivity contribution in [2.24, 2.45) is 0 Å². The fourth-order valence-corrected chi connectivity index (χ4v) is 10.5. The van der Waals surface area contributed by atoms with E-state index in [2.05, 4.69) is 74.6 Å². The van der Waals surface area contributed by atoms with Crippen LogP contribution in [0.1, 0.15) is 367 Å². The van der Waals surface area contributed by atoms with Gasteiger partial charge in [0.05, 0.1) is 6.61 Å². The molecular weight excluding hydrogens is 945 g/mol. The normalized spacial score (nSPS) is 12.5. The molecule has 1 unspecified atom stereocenters. The van der Waals surface area contributed by atoms with E-state index in [0.717, 1.165) is 64.2 Å². The minimum atomic E-state index is -0.774. The summed E-state index contributed by atoms with van der Waals surface area (Å²) in [5.41, 5.74) is 0. The number of rotatable bonds is 64. The number of aliphatic hydroxyl groups is 1. The molecule has 0 bridgehead atoms. The van der Waals surface area contributed by atoms with E-state index in [9.17, 15) is 14.7 Å². The van der Waals surface area contributed by atoms with Crippen molar-refractivity contribution in [1.82, 2.24) is 0 Å². The summed E-state index contributed by atoms with van der Waals surface area (Å²) in [5, 5.41) is 9.70. The number of carbonyl (C=O) groups excluding carboxylic acids is 2. The van der Waals surface area contributed by atoms with Crippen LogP contribution in [0.4, 0.5) is 0 Å². The molecule has 77 heavy (non-hydrogen) atoms. The van der Waals surface area contributed by atoms with Crippen LogP contribution in [0.3, 0.4) is 0 Å². The molecule has 5 nitrogen and oxygen atoms in total. The molecule has 450 valence electrons. The maximum Gasteiger partial charge on any atom is 0.306 e. The largest absolute Gasteiger partial charge is 0.462 e. The Morgan fingerprint density at radius 1 is 0.312 bits per heavy atom. The second-order valence-corrected chi connectivity index (χ2v) is 23.2. The topological polar surface area (TPSA) is 72.8 Å². The third kappa shape index (κ3) is 66.0. The van der Waals surface area contributed by atoms with Gasteiger partial charge in [0.25, 0.3) is 0 Å². The lowest BCUT2D eigenvalue weighted by Crippen LogP contribution is -2.28. The fourth-order valence-electron chi connectivity index (χ4n) is 10.5. The number of unbranched alkanes of at least 4 members (excludes halogenated alkanes) is 46. The van der Waals surface area contributed by atoms with Crippen molar-refractivity contribution >= 4 is 11.9 Å². The molecule has 0 heterocycles. The zero-order chi connectivity index (χ0) is 55.5. The minimum absolute atomic E-state index is 0.0629. The highest BCUT2D eigenvalue weighted by Gasteiger charge is 2.16. The van der Waals surface area contributed by atoms with Crippen LogP contribution in [0.2, 0.25) is 0 Å². The van der Waals surface area contributed by atoms with E-state index in [1.54, 1.807) is 0 Å². The highest BCUT2D eigenvalue weighted by atomic mass is 16.6. The zero-order valence-corrected chi connectivity index (χ0v) is 51.7. The lowest BCUT2D eigenvalue weighted by atomic mass is 10.0. The summed E-state index contributed by atoms with van der Waals surface area (Å²) in [6.45, 7) is 4.08. The molecule has 0 aliphatic rings. The van der Waals surface area contributed by atoms with Gasteiger partial charge in [-0.25, -0.2) is 0 Å². The Labute approximate surface area is 481 Å². The Bertz CT molecular complexity index is 1310. The predicted molar refractivity (Wildman–Crippen MR) is 339 cm³/mol. The van der Waals surface area contributed by atoms with Crippen LogP contribution in [-0.4, -0.2) is 36.4 Å². The summed E-state index contributed by atoms with van der Waals surface area (Å²) < 4.78 is 10.8. The maximum atomic E-state index is 12.4. The molecule has 0 spiro atoms. The Kier molecular flexibility index (Phi) is 65.8. The van der Waals surface area contributed by atoms with Crippen LogP contribution in [0, 0.1) is 0 Å². The van der Waals surface area contributed by atoms with Gasteiger partial charge >= 0.3 is 11.9 Å². The van der Waals surface area contributed by atoms with Gasteiger partial charge in [-0.2, -0.15) is 0 Å². The van der Waals surface area contributed by atoms with Crippen molar-refractivity contribution < 1.29 is 24.2 Å². The zero-order valence-electron chi connectivity index (χ0n) is 51.7. The first kappa shape index (κ1) is 74.6. The predicted octanol–water partition coefficient (Wildman–Crippen LogP) is 23.7. The van der Waals surface area contributed by atoms with Crippen molar-refractivity contribution in [2.75, 3.05) is 13.2 Å². The van der Waals surface area contributed by atoms with Gasteiger partial charge in [-0.3, -0.25) is 9.59 Å². The molecular formula is C72H132O5. The van der Waals surface area contributed by atoms with Gasteiger partial charge < -0.3 is 14.6 Å². The fraction of sp³-hybridized carbons (Fsp3) is 0.833. The van der Waals surface area contributed by atoms with E-state index in [0.29, 0.717) is 12.8 Å². The number of esters is 2. The van der Waals surface area contributed by atoms with Gasteiger partial charge in [0, 0.05) is 12.8 Å². The van der Waals surface area contributed by atoms with E-state index in [4.69, 9.17) is 9.47 Å². The number of ether oxygens (including phenoxy) is 2. The number of allylic oxidation sites excluding steroid dienone is 10. The van der Waals surface area contributed by atoms with Crippen LogP contribution >= 0.6 is 0 Å². The van der Waals surface area contributed by atoms with Crippen molar-refractivity contribution in [1.29, 1.82) is 0 Å². The van der Waals surface area contributed by atoms with E-state index >= 15 is 0 Å². The van der Waals surface area contributed by atoms with E-state index in [1.165, 1.54) is 276 Å². The lowest BCUT2D eigenvalue weighted by Gasteiger charge is -2.15. The SMILES string of the molecule is CC/C=C\C/C=C\C/C=C\C/C=C\C/C=C\CCCCCCCCCCCCCCCC(=O)OC(CO)COC(=O)CCCCCCCCCCCCCCCCCCCCCCCCCCCCCCCCCCCC. The molecule has 1 N–H and O–H groups in total. The molecule has 0 fully saturated rings. The average Bonchev–Trinajstić information content (AvgIpc) is 3.43. The summed E-state index contributed by atoms with van der Waals surface area (Å²) >= 11 is 0. The summed E-state index contributed by atoms with van der Waals surface area (Å²) in [6, 6.07) is 0. The molecule has 0 radical (unpaired) electrons. The van der Waals surface area contributed by atoms with Crippen molar-refractivity contribution in [2.45, 2.75) is 373 Å². The van der Waals surface area contributed by atoms with Crippen molar-refractivity contribution in [3.8, 4) is 0 Å². The van der Waals surface area contributed by atoms with Gasteiger partial charge in [-0.1, -0.05) is 357 Å². The number of aliphatic hydroxyl groups excluding tert-OH is 1. The molecule has 0 saturated carbocycles. The molecule has 1 atom stereocenters. The van der Waals surface area contributed by atoms with Gasteiger partial charge in [0.15, 0.2) is 6.10 Å². The molecule has 0 aliphatic carbocycles. The number of hydrogen-bond donors (Lipinski definition) is 1. The van der Waals surface area contributed by atoms with Gasteiger partial charge in [0.1, 0.15) is 6.61 Å². The van der Waals surface area contributed by atoms with E-state index in [1.807, 2.05) is 0 Å². The van der Waals surface area contributed by atoms with Gasteiger partial charge in [-0.15, -0.1) is 0 Å². The lowest BCUT2D eigenvalue weighted by molar-refractivity contribution is -0.161. The van der Waals surface area contributed by atoms with Crippen LogP contribution in [-0.2, 0) is 19.1 Å². The minimum Gasteiger partial charge on any atom is -0.462 e. The quantitative estimate of drug-likeness (QED) is 0.0373. The first-order valence-electron chi connectivity index (χ1n) is 34.3. The second-order valence-electron chi connectivity index (χ2n) is 23.2. The Hall–Kier alpha value is -2.40. The first-order chi connectivity index (χ1) is 38.1. The van der Waals surface area contributed by atoms with Crippen LogP contribution in [0.25, 0.3) is 0 Å². The molecule has 0 aromatic rings. The third-order valence-electron chi connectivity index (χ3n) is 15.6. The highest BCUT2D eigenvalue weighted by Crippen LogP contribution is 2.19. The van der Waals surface area contributed by atoms with Crippen molar-refractivity contribution in [3.05, 3.63) is 60.8 Å².